The molecule has 7 nitrogen and oxygen atoms in total. The maximum atomic E-state index is 14.2. The molecule has 0 saturated carbocycles. The van der Waals surface area contributed by atoms with Crippen LogP contribution in [-0.4, -0.2) is 43.3 Å². The smallest absolute Gasteiger partial charge is 0.275 e. The molecule has 0 unspecified atom stereocenters. The predicted molar refractivity (Wildman–Crippen MR) is 119 cm³/mol. The number of carbonyl (C=O) groups is 1. The highest BCUT2D eigenvalue weighted by atomic mass is 35.5. The first-order valence-corrected chi connectivity index (χ1v) is 11.3. The van der Waals surface area contributed by atoms with Crippen LogP contribution in [0.1, 0.15) is 40.3 Å². The molecule has 1 aromatic carbocycles. The van der Waals surface area contributed by atoms with Crippen molar-refractivity contribution in [3.8, 4) is 16.3 Å². The van der Waals surface area contributed by atoms with E-state index in [1.807, 2.05) is 0 Å². The molecule has 5 rings (SSSR count). The second-order valence-electron chi connectivity index (χ2n) is 7.83. The summed E-state index contributed by atoms with van der Waals surface area (Å²) >= 11 is 6.95. The summed E-state index contributed by atoms with van der Waals surface area (Å²) in [6.45, 7) is 4.70. The van der Waals surface area contributed by atoms with Crippen molar-refractivity contribution in [3.63, 3.8) is 0 Å². The van der Waals surface area contributed by atoms with Crippen molar-refractivity contribution in [1.82, 2.24) is 19.7 Å². The molecule has 0 spiro atoms. The number of hydrogen-bond acceptors (Lipinski definition) is 6. The maximum absolute atomic E-state index is 14.2. The topological polar surface area (TPSA) is 88.3 Å². The van der Waals surface area contributed by atoms with Gasteiger partial charge in [0, 0.05) is 24.9 Å². The number of nitrogens with zero attached hydrogens (tertiary/aromatic N) is 4. The Kier molecular flexibility index (Phi) is 5.10. The zero-order chi connectivity index (χ0) is 22.6. The van der Waals surface area contributed by atoms with Crippen molar-refractivity contribution in [2.75, 3.05) is 6.54 Å². The third kappa shape index (κ3) is 3.23. The minimum atomic E-state index is -0.704. The largest absolute Gasteiger partial charge is 0.503 e. The molecular formula is C22H18ClFN4O3S. The summed E-state index contributed by atoms with van der Waals surface area (Å²) in [7, 11) is 0. The summed E-state index contributed by atoms with van der Waals surface area (Å²) in [6.07, 6.45) is 4.28. The van der Waals surface area contributed by atoms with Crippen molar-refractivity contribution in [3.05, 3.63) is 68.3 Å². The number of rotatable bonds is 3. The van der Waals surface area contributed by atoms with Crippen LogP contribution in [0.3, 0.4) is 0 Å². The summed E-state index contributed by atoms with van der Waals surface area (Å²) < 4.78 is 15.7. The van der Waals surface area contributed by atoms with Crippen molar-refractivity contribution >= 4 is 34.5 Å². The quantitative estimate of drug-likeness (QED) is 0.624. The van der Waals surface area contributed by atoms with Gasteiger partial charge in [-0.1, -0.05) is 41.6 Å². The van der Waals surface area contributed by atoms with Crippen LogP contribution in [0.25, 0.3) is 16.3 Å². The van der Waals surface area contributed by atoms with E-state index >= 15 is 0 Å². The minimum Gasteiger partial charge on any atom is -0.503 e. The Balaban J connectivity index is 1.55. The van der Waals surface area contributed by atoms with Crippen LogP contribution in [0.2, 0.25) is 5.02 Å². The molecule has 1 atom stereocenters. The number of amides is 1. The molecule has 3 aromatic rings. The third-order valence-corrected chi connectivity index (χ3v) is 7.16. The predicted octanol–water partition coefficient (Wildman–Crippen LogP) is 3.93. The van der Waals surface area contributed by atoms with Gasteiger partial charge in [0.05, 0.1) is 16.6 Å². The fourth-order valence-electron chi connectivity index (χ4n) is 4.28. The maximum Gasteiger partial charge on any atom is 0.275 e. The molecule has 1 fully saturated rings. The summed E-state index contributed by atoms with van der Waals surface area (Å²) in [5.41, 5.74) is 0.320. The van der Waals surface area contributed by atoms with E-state index in [2.05, 4.69) is 16.8 Å². The Hall–Kier alpha value is -3.04. The highest BCUT2D eigenvalue weighted by Crippen LogP contribution is 2.36. The van der Waals surface area contributed by atoms with Crippen LogP contribution in [0.4, 0.5) is 4.39 Å². The zero-order valence-electron chi connectivity index (χ0n) is 16.8. The van der Waals surface area contributed by atoms with E-state index in [0.717, 1.165) is 30.6 Å². The number of halogens is 2. The van der Waals surface area contributed by atoms with E-state index in [-0.39, 0.29) is 39.7 Å². The Labute approximate surface area is 191 Å². The first-order valence-electron chi connectivity index (χ1n) is 10.1. The molecule has 1 N–H and O–H groups in total. The SMILES string of the molecule is C=C1[C@H]2CCCCN2C(=O)c2c(O)c(=O)c(-c3nnc(Cc4cccc(Cl)c4F)s3)cn21. The molecule has 0 radical (unpaired) electrons. The lowest BCUT2D eigenvalue weighted by molar-refractivity contribution is 0.0629. The van der Waals surface area contributed by atoms with Gasteiger partial charge in [0.25, 0.3) is 5.91 Å². The molecule has 164 valence electrons. The van der Waals surface area contributed by atoms with Gasteiger partial charge in [-0.15, -0.1) is 10.2 Å². The van der Waals surface area contributed by atoms with Gasteiger partial charge in [0.1, 0.15) is 10.8 Å². The molecule has 1 saturated heterocycles. The van der Waals surface area contributed by atoms with Crippen LogP contribution < -0.4 is 5.43 Å². The van der Waals surface area contributed by atoms with Gasteiger partial charge in [-0.05, 0) is 30.9 Å². The van der Waals surface area contributed by atoms with E-state index in [1.54, 1.807) is 17.0 Å². The monoisotopic (exact) mass is 472 g/mol. The Morgan fingerprint density at radius 3 is 2.91 bits per heavy atom. The van der Waals surface area contributed by atoms with Crippen LogP contribution in [0.15, 0.2) is 35.8 Å². The van der Waals surface area contributed by atoms with Gasteiger partial charge in [0.15, 0.2) is 16.5 Å². The lowest BCUT2D eigenvalue weighted by Gasteiger charge is -2.42. The molecule has 1 amide bonds. The summed E-state index contributed by atoms with van der Waals surface area (Å²) in [5.74, 6) is -1.53. The highest BCUT2D eigenvalue weighted by molar-refractivity contribution is 7.14. The first kappa shape index (κ1) is 20.8. The number of aromatic hydroxyl groups is 1. The van der Waals surface area contributed by atoms with Crippen molar-refractivity contribution in [2.45, 2.75) is 31.7 Å². The minimum absolute atomic E-state index is 0.0185. The summed E-state index contributed by atoms with van der Waals surface area (Å²) in [5, 5.41) is 19.6. The Morgan fingerprint density at radius 2 is 2.09 bits per heavy atom. The lowest BCUT2D eigenvalue weighted by atomic mass is 9.95. The molecule has 0 aliphatic carbocycles. The highest BCUT2D eigenvalue weighted by Gasteiger charge is 2.39. The lowest BCUT2D eigenvalue weighted by Crippen LogP contribution is -2.50. The number of pyridine rings is 1. The van der Waals surface area contributed by atoms with Crippen LogP contribution in [-0.2, 0) is 6.42 Å². The molecule has 2 aromatic heterocycles. The van der Waals surface area contributed by atoms with E-state index < -0.39 is 17.0 Å². The van der Waals surface area contributed by atoms with Crippen molar-refractivity contribution < 1.29 is 14.3 Å². The molecule has 2 aliphatic rings. The van der Waals surface area contributed by atoms with Crippen molar-refractivity contribution in [2.24, 2.45) is 0 Å². The third-order valence-electron chi connectivity index (χ3n) is 5.91. The fourth-order valence-corrected chi connectivity index (χ4v) is 5.35. The molecule has 0 bridgehead atoms. The van der Waals surface area contributed by atoms with Gasteiger partial charge in [-0.3, -0.25) is 9.59 Å². The molecular weight excluding hydrogens is 455 g/mol. The second kappa shape index (κ2) is 7.83. The van der Waals surface area contributed by atoms with Crippen LogP contribution in [0.5, 0.6) is 5.75 Å². The number of fused-ring (bicyclic) bond motifs is 2. The molecule has 4 heterocycles. The van der Waals surface area contributed by atoms with Gasteiger partial charge in [-0.2, -0.15) is 0 Å². The van der Waals surface area contributed by atoms with E-state index in [4.69, 9.17) is 11.6 Å². The van der Waals surface area contributed by atoms with E-state index in [1.165, 1.54) is 16.8 Å². The number of aromatic nitrogens is 3. The number of piperidine rings is 1. The Morgan fingerprint density at radius 1 is 1.28 bits per heavy atom. The molecule has 2 aliphatic heterocycles. The first-order chi connectivity index (χ1) is 15.4. The van der Waals surface area contributed by atoms with Crippen molar-refractivity contribution in [1.29, 1.82) is 0 Å². The number of carbonyl (C=O) groups excluding carboxylic acids is 1. The summed E-state index contributed by atoms with van der Waals surface area (Å²) in [6, 6.07) is 4.54. The van der Waals surface area contributed by atoms with Gasteiger partial charge < -0.3 is 14.6 Å². The molecule has 32 heavy (non-hydrogen) atoms. The van der Waals surface area contributed by atoms with Gasteiger partial charge in [0.2, 0.25) is 5.43 Å². The fraction of sp³-hybridized carbons (Fsp3) is 0.273. The summed E-state index contributed by atoms with van der Waals surface area (Å²) in [4.78, 5) is 27.6. The zero-order valence-corrected chi connectivity index (χ0v) is 18.4. The average molecular weight is 473 g/mol. The van der Waals surface area contributed by atoms with Gasteiger partial charge in [-0.25, -0.2) is 4.39 Å². The Bertz CT molecular complexity index is 1340. The standard InChI is InChI=1S/C22H18ClFN4O3S/c1-11-15-7-2-3-8-27(15)22(31)18-20(30)19(29)13(10-28(11)18)21-26-25-16(32-21)9-12-5-4-6-14(23)17(12)24/h4-6,10,15,30H,1-3,7-9H2/t15-/m1/s1. The molecule has 10 heteroatoms. The average Bonchev–Trinajstić information content (AvgIpc) is 3.25. The van der Waals surface area contributed by atoms with E-state index in [9.17, 15) is 19.1 Å². The normalized spacial score (nSPS) is 17.9. The van der Waals surface area contributed by atoms with E-state index in [0.29, 0.717) is 22.8 Å². The van der Waals surface area contributed by atoms with Crippen LogP contribution >= 0.6 is 22.9 Å². The second-order valence-corrected chi connectivity index (χ2v) is 9.30. The van der Waals surface area contributed by atoms with Crippen LogP contribution in [0, 0.1) is 5.82 Å². The van der Waals surface area contributed by atoms with Gasteiger partial charge >= 0.3 is 0 Å². The number of hydrogen-bond donors (Lipinski definition) is 1. The number of benzene rings is 1.